The highest BCUT2D eigenvalue weighted by atomic mass is 15.3. The van der Waals surface area contributed by atoms with Gasteiger partial charge in [0.15, 0.2) is 0 Å². The van der Waals surface area contributed by atoms with Crippen molar-refractivity contribution in [3.8, 4) is 0 Å². The summed E-state index contributed by atoms with van der Waals surface area (Å²) < 4.78 is 1.65. The largest absolute Gasteiger partial charge is 0.234 e. The summed E-state index contributed by atoms with van der Waals surface area (Å²) in [6, 6.07) is 1.85. The molecule has 0 aliphatic rings. The van der Waals surface area contributed by atoms with Crippen LogP contribution in [0.1, 0.15) is 20.3 Å². The number of aliphatic imine (C=N–C) groups is 1. The van der Waals surface area contributed by atoms with Crippen LogP contribution in [0.2, 0.25) is 0 Å². The van der Waals surface area contributed by atoms with Crippen molar-refractivity contribution in [2.24, 2.45) is 4.99 Å². The average molecular weight is 189 g/mol. The molecule has 1 aromatic rings. The number of allylic oxidation sites excluding steroid dienone is 2. The third kappa shape index (κ3) is 2.69. The van der Waals surface area contributed by atoms with Gasteiger partial charge in [-0.25, -0.2) is 9.67 Å². The molecule has 14 heavy (non-hydrogen) atoms. The second-order valence-corrected chi connectivity index (χ2v) is 2.82. The molecule has 1 rings (SSSR count). The first-order valence-electron chi connectivity index (χ1n) is 4.67. The third-order valence-electron chi connectivity index (χ3n) is 1.76. The van der Waals surface area contributed by atoms with Crippen LogP contribution < -0.4 is 0 Å². The van der Waals surface area contributed by atoms with Gasteiger partial charge in [-0.05, 0) is 25.5 Å². The average Bonchev–Trinajstić information content (AvgIpc) is 2.69. The molecular formula is C11H15N3. The van der Waals surface area contributed by atoms with E-state index in [-0.39, 0.29) is 0 Å². The molecule has 1 heterocycles. The van der Waals surface area contributed by atoms with Gasteiger partial charge in [-0.3, -0.25) is 0 Å². The molecule has 74 valence electrons. The van der Waals surface area contributed by atoms with Crippen LogP contribution in [-0.2, 0) is 0 Å². The molecule has 0 spiro atoms. The zero-order chi connectivity index (χ0) is 10.4. The van der Waals surface area contributed by atoms with Gasteiger partial charge in [0.2, 0.25) is 0 Å². The summed E-state index contributed by atoms with van der Waals surface area (Å²) in [7, 11) is 0. The maximum absolute atomic E-state index is 4.36. The molecule has 3 nitrogen and oxygen atoms in total. The van der Waals surface area contributed by atoms with Gasteiger partial charge in [-0.2, -0.15) is 5.10 Å². The smallest absolute Gasteiger partial charge is 0.146 e. The molecule has 0 radical (unpaired) electrons. The Balaban J connectivity index is 2.80. The van der Waals surface area contributed by atoms with E-state index < -0.39 is 0 Å². The summed E-state index contributed by atoms with van der Waals surface area (Å²) in [5.41, 5.74) is 1.01. The van der Waals surface area contributed by atoms with Crippen LogP contribution in [0.5, 0.6) is 0 Å². The number of nitrogens with zero attached hydrogens (tertiary/aromatic N) is 3. The van der Waals surface area contributed by atoms with E-state index >= 15 is 0 Å². The van der Waals surface area contributed by atoms with E-state index in [1.807, 2.05) is 31.3 Å². The Hall–Kier alpha value is -1.64. The Labute approximate surface area is 84.5 Å². The van der Waals surface area contributed by atoms with Crippen LogP contribution in [0.3, 0.4) is 0 Å². The van der Waals surface area contributed by atoms with Crippen molar-refractivity contribution in [1.29, 1.82) is 0 Å². The Morgan fingerprint density at radius 1 is 1.64 bits per heavy atom. The maximum Gasteiger partial charge on any atom is 0.146 e. The first-order valence-corrected chi connectivity index (χ1v) is 4.67. The Morgan fingerprint density at radius 3 is 2.93 bits per heavy atom. The molecule has 0 unspecified atom stereocenters. The highest BCUT2D eigenvalue weighted by Gasteiger charge is 1.95. The van der Waals surface area contributed by atoms with E-state index in [1.54, 1.807) is 10.9 Å². The molecule has 0 saturated carbocycles. The summed E-state index contributed by atoms with van der Waals surface area (Å²) in [6.07, 6.45) is 8.38. The van der Waals surface area contributed by atoms with Crippen LogP contribution in [0, 0.1) is 0 Å². The van der Waals surface area contributed by atoms with Gasteiger partial charge < -0.3 is 0 Å². The Kier molecular flexibility index (Phi) is 3.85. The first-order chi connectivity index (χ1) is 6.77. The molecule has 0 fully saturated rings. The molecule has 0 amide bonds. The van der Waals surface area contributed by atoms with Crippen molar-refractivity contribution >= 4 is 11.5 Å². The molecule has 0 saturated heterocycles. The Bertz CT molecular complexity index is 345. The SMILES string of the molecule is C=C(N=C(/C=C\C)CC)n1cccn1. The highest BCUT2D eigenvalue weighted by molar-refractivity contribution is 5.96. The van der Waals surface area contributed by atoms with Gasteiger partial charge in [0.1, 0.15) is 5.82 Å². The van der Waals surface area contributed by atoms with Gasteiger partial charge in [-0.1, -0.05) is 19.6 Å². The molecule has 0 aromatic carbocycles. The van der Waals surface area contributed by atoms with Gasteiger partial charge in [0.25, 0.3) is 0 Å². The lowest BCUT2D eigenvalue weighted by atomic mass is 10.3. The van der Waals surface area contributed by atoms with Crippen molar-refractivity contribution < 1.29 is 0 Å². The van der Waals surface area contributed by atoms with E-state index in [1.165, 1.54) is 0 Å². The number of hydrogen-bond donors (Lipinski definition) is 0. The van der Waals surface area contributed by atoms with Crippen molar-refractivity contribution in [1.82, 2.24) is 9.78 Å². The summed E-state index contributed by atoms with van der Waals surface area (Å²) in [4.78, 5) is 4.36. The number of hydrogen-bond acceptors (Lipinski definition) is 2. The fourth-order valence-corrected chi connectivity index (χ4v) is 1.07. The molecule has 0 aliphatic heterocycles. The quantitative estimate of drug-likeness (QED) is 0.670. The van der Waals surface area contributed by atoms with E-state index in [0.29, 0.717) is 5.82 Å². The van der Waals surface area contributed by atoms with E-state index in [0.717, 1.165) is 12.1 Å². The van der Waals surface area contributed by atoms with Gasteiger partial charge in [0, 0.05) is 18.1 Å². The van der Waals surface area contributed by atoms with Gasteiger partial charge in [0.05, 0.1) is 0 Å². The molecule has 0 bridgehead atoms. The highest BCUT2D eigenvalue weighted by Crippen LogP contribution is 2.03. The minimum atomic E-state index is 0.643. The van der Waals surface area contributed by atoms with Crippen LogP contribution in [0.4, 0.5) is 0 Å². The van der Waals surface area contributed by atoms with Crippen LogP contribution in [0.25, 0.3) is 5.82 Å². The zero-order valence-electron chi connectivity index (χ0n) is 8.64. The van der Waals surface area contributed by atoms with Gasteiger partial charge >= 0.3 is 0 Å². The number of rotatable bonds is 4. The molecular weight excluding hydrogens is 174 g/mol. The minimum Gasteiger partial charge on any atom is -0.234 e. The summed E-state index contributed by atoms with van der Waals surface area (Å²) in [5.74, 6) is 0.643. The van der Waals surface area contributed by atoms with E-state index in [9.17, 15) is 0 Å². The fourth-order valence-electron chi connectivity index (χ4n) is 1.07. The molecule has 0 atom stereocenters. The lowest BCUT2D eigenvalue weighted by Crippen LogP contribution is -1.98. The predicted molar refractivity (Wildman–Crippen MR) is 60.1 cm³/mol. The maximum atomic E-state index is 4.36. The molecule has 0 aliphatic carbocycles. The third-order valence-corrected chi connectivity index (χ3v) is 1.76. The standard InChI is InChI=1S/C11H15N3/c1-4-7-11(5-2)13-10(3)14-9-6-8-12-14/h4,6-9H,3,5H2,1-2H3/b7-4-,13-11?. The lowest BCUT2D eigenvalue weighted by Gasteiger charge is -2.01. The van der Waals surface area contributed by atoms with Crippen molar-refractivity contribution in [2.45, 2.75) is 20.3 Å². The minimum absolute atomic E-state index is 0.643. The van der Waals surface area contributed by atoms with Crippen LogP contribution >= 0.6 is 0 Å². The van der Waals surface area contributed by atoms with E-state index in [4.69, 9.17) is 0 Å². The fraction of sp³-hybridized carbons (Fsp3) is 0.273. The van der Waals surface area contributed by atoms with Crippen LogP contribution in [-0.4, -0.2) is 15.5 Å². The lowest BCUT2D eigenvalue weighted by molar-refractivity contribution is 0.889. The Morgan fingerprint density at radius 2 is 2.43 bits per heavy atom. The predicted octanol–water partition coefficient (Wildman–Crippen LogP) is 2.74. The van der Waals surface area contributed by atoms with E-state index in [2.05, 4.69) is 23.6 Å². The molecule has 1 aromatic heterocycles. The monoisotopic (exact) mass is 189 g/mol. The summed E-state index contributed by atoms with van der Waals surface area (Å²) in [5, 5.41) is 4.05. The van der Waals surface area contributed by atoms with Crippen molar-refractivity contribution in [2.75, 3.05) is 0 Å². The van der Waals surface area contributed by atoms with Crippen LogP contribution in [0.15, 0.2) is 42.2 Å². The number of aromatic nitrogens is 2. The zero-order valence-corrected chi connectivity index (χ0v) is 8.64. The van der Waals surface area contributed by atoms with Crippen molar-refractivity contribution in [3.63, 3.8) is 0 Å². The normalized spacial score (nSPS) is 12.3. The summed E-state index contributed by atoms with van der Waals surface area (Å²) in [6.45, 7) is 7.88. The summed E-state index contributed by atoms with van der Waals surface area (Å²) >= 11 is 0. The topological polar surface area (TPSA) is 30.2 Å². The van der Waals surface area contributed by atoms with Crippen molar-refractivity contribution in [3.05, 3.63) is 37.2 Å². The molecule has 0 N–H and O–H groups in total. The second-order valence-electron chi connectivity index (χ2n) is 2.82. The molecule has 3 heteroatoms. The second kappa shape index (κ2) is 5.17. The van der Waals surface area contributed by atoms with Gasteiger partial charge in [-0.15, -0.1) is 0 Å². The first kappa shape index (κ1) is 10.4.